The van der Waals surface area contributed by atoms with Gasteiger partial charge in [0.05, 0.1) is 18.8 Å². The normalized spacial score (nSPS) is 15.2. The van der Waals surface area contributed by atoms with E-state index in [-0.39, 0.29) is 12.8 Å². The first kappa shape index (κ1) is 29.9. The van der Waals surface area contributed by atoms with Crippen LogP contribution in [-0.2, 0) is 30.4 Å². The van der Waals surface area contributed by atoms with Gasteiger partial charge < -0.3 is 37.5 Å². The minimum atomic E-state index is -1.42. The lowest BCUT2D eigenvalue weighted by atomic mass is 9.98. The summed E-state index contributed by atoms with van der Waals surface area (Å²) < 4.78 is 0. The van der Waals surface area contributed by atoms with E-state index in [1.807, 2.05) is 6.26 Å². The van der Waals surface area contributed by atoms with E-state index in [1.54, 1.807) is 13.8 Å². The smallest absolute Gasteiger partial charge is 0.326 e. The molecule has 196 valence electrons. The van der Waals surface area contributed by atoms with Gasteiger partial charge in [-0.3, -0.25) is 19.2 Å². The number of hydrogen-bond donors (Lipinski definition) is 7. The summed E-state index contributed by atoms with van der Waals surface area (Å²) in [7, 11) is 0. The van der Waals surface area contributed by atoms with Crippen molar-refractivity contribution in [2.24, 2.45) is 17.4 Å². The van der Waals surface area contributed by atoms with Crippen LogP contribution < -0.4 is 27.4 Å². The molecule has 1 heterocycles. The van der Waals surface area contributed by atoms with Crippen LogP contribution >= 0.6 is 11.8 Å². The van der Waals surface area contributed by atoms with Gasteiger partial charge in [-0.1, -0.05) is 20.3 Å². The highest BCUT2D eigenvalue weighted by Gasteiger charge is 2.32. The molecule has 13 nitrogen and oxygen atoms in total. The topological polar surface area (TPSA) is 222 Å². The van der Waals surface area contributed by atoms with Gasteiger partial charge in [-0.25, -0.2) is 9.78 Å². The standard InChI is InChI=1S/C21H35N7O6S/c1-4-11(2)17(21(33)34)28-20(32)15(8-16(23)29)27-19(31)14(5-6-35-3)26-18(30)13(22)7-12-9-24-10-25-12/h9-11,13-15,17H,4-8,22H2,1-3H3,(H2,23,29)(H,24,25)(H,26,30)(H,27,31)(H,28,32)(H,33,34). The summed E-state index contributed by atoms with van der Waals surface area (Å²) in [5, 5.41) is 16.8. The fourth-order valence-electron chi connectivity index (χ4n) is 3.13. The zero-order valence-corrected chi connectivity index (χ0v) is 20.9. The van der Waals surface area contributed by atoms with E-state index < -0.39 is 66.1 Å². The molecule has 5 unspecified atom stereocenters. The lowest BCUT2D eigenvalue weighted by Gasteiger charge is -2.26. The second kappa shape index (κ2) is 15.0. The SMILES string of the molecule is CCC(C)C(NC(=O)C(CC(N)=O)NC(=O)C(CCSC)NC(=O)C(N)Cc1cnc[nH]1)C(=O)O. The van der Waals surface area contributed by atoms with Crippen molar-refractivity contribution in [2.75, 3.05) is 12.0 Å². The second-order valence-corrected chi connectivity index (χ2v) is 9.16. The molecule has 9 N–H and O–H groups in total. The highest BCUT2D eigenvalue weighted by atomic mass is 32.2. The van der Waals surface area contributed by atoms with Crippen LogP contribution in [-0.4, -0.2) is 80.8 Å². The van der Waals surface area contributed by atoms with Crippen molar-refractivity contribution < 1.29 is 29.1 Å². The molecular formula is C21H35N7O6S. The quantitative estimate of drug-likeness (QED) is 0.136. The zero-order valence-electron chi connectivity index (χ0n) is 20.1. The molecule has 1 aromatic heterocycles. The molecule has 0 aromatic carbocycles. The van der Waals surface area contributed by atoms with Gasteiger partial charge in [0.15, 0.2) is 0 Å². The number of nitrogens with one attached hydrogen (secondary N) is 4. The number of nitrogens with zero attached hydrogens (tertiary/aromatic N) is 1. The Morgan fingerprint density at radius 3 is 2.26 bits per heavy atom. The number of carbonyl (C=O) groups excluding carboxylic acids is 4. The van der Waals surface area contributed by atoms with Crippen LogP contribution in [0.25, 0.3) is 0 Å². The first-order valence-electron chi connectivity index (χ1n) is 11.1. The maximum Gasteiger partial charge on any atom is 0.326 e. The summed E-state index contributed by atoms with van der Waals surface area (Å²) >= 11 is 1.45. The van der Waals surface area contributed by atoms with Crippen LogP contribution in [0.5, 0.6) is 0 Å². The van der Waals surface area contributed by atoms with Crippen LogP contribution in [0.2, 0.25) is 0 Å². The molecule has 4 amide bonds. The Balaban J connectivity index is 2.95. The average Bonchev–Trinajstić information content (AvgIpc) is 3.31. The van der Waals surface area contributed by atoms with E-state index >= 15 is 0 Å². The fourth-order valence-corrected chi connectivity index (χ4v) is 3.60. The second-order valence-electron chi connectivity index (χ2n) is 8.17. The molecule has 0 radical (unpaired) electrons. The van der Waals surface area contributed by atoms with Gasteiger partial charge in [0.1, 0.15) is 18.1 Å². The van der Waals surface area contributed by atoms with E-state index in [4.69, 9.17) is 11.5 Å². The number of aromatic nitrogens is 2. The Labute approximate surface area is 207 Å². The van der Waals surface area contributed by atoms with Crippen LogP contribution in [0.4, 0.5) is 0 Å². The minimum Gasteiger partial charge on any atom is -0.480 e. The Morgan fingerprint density at radius 2 is 1.74 bits per heavy atom. The number of thioether (sulfide) groups is 1. The van der Waals surface area contributed by atoms with Crippen molar-refractivity contribution in [3.63, 3.8) is 0 Å². The van der Waals surface area contributed by atoms with Gasteiger partial charge in [-0.15, -0.1) is 0 Å². The molecule has 0 aliphatic heterocycles. The van der Waals surface area contributed by atoms with Crippen molar-refractivity contribution in [3.8, 4) is 0 Å². The number of imidazole rings is 1. The summed E-state index contributed by atoms with van der Waals surface area (Å²) in [6, 6.07) is -4.64. The Morgan fingerprint density at radius 1 is 1.11 bits per heavy atom. The number of aromatic amines is 1. The monoisotopic (exact) mass is 513 g/mol. The first-order chi connectivity index (χ1) is 16.5. The molecule has 35 heavy (non-hydrogen) atoms. The molecule has 0 aliphatic rings. The molecule has 0 fully saturated rings. The molecule has 14 heteroatoms. The van der Waals surface area contributed by atoms with Gasteiger partial charge in [0.2, 0.25) is 23.6 Å². The van der Waals surface area contributed by atoms with Gasteiger partial charge in [-0.05, 0) is 24.3 Å². The van der Waals surface area contributed by atoms with E-state index in [0.29, 0.717) is 17.9 Å². The molecule has 1 aromatic rings. The van der Waals surface area contributed by atoms with Crippen molar-refractivity contribution in [1.29, 1.82) is 0 Å². The fraction of sp³-hybridized carbons (Fsp3) is 0.619. The molecule has 0 aliphatic carbocycles. The molecule has 0 saturated heterocycles. The van der Waals surface area contributed by atoms with Crippen molar-refractivity contribution in [3.05, 3.63) is 18.2 Å². The van der Waals surface area contributed by atoms with E-state index in [9.17, 15) is 29.1 Å². The third-order valence-corrected chi connectivity index (χ3v) is 6.03. The number of carbonyl (C=O) groups is 5. The summed E-state index contributed by atoms with van der Waals surface area (Å²) in [5.74, 6) is -4.17. The molecule has 1 rings (SSSR count). The maximum atomic E-state index is 13.0. The Bertz CT molecular complexity index is 866. The largest absolute Gasteiger partial charge is 0.480 e. The number of amides is 4. The number of hydrogen-bond acceptors (Lipinski definition) is 8. The number of H-pyrrole nitrogens is 1. The van der Waals surface area contributed by atoms with Gasteiger partial charge >= 0.3 is 5.97 Å². The predicted octanol–water partition coefficient (Wildman–Crippen LogP) is -1.51. The number of nitrogens with two attached hydrogens (primary N) is 2. The summed E-state index contributed by atoms with van der Waals surface area (Å²) in [6.45, 7) is 3.42. The number of carboxylic acid groups (broad SMARTS) is 1. The zero-order chi connectivity index (χ0) is 26.5. The van der Waals surface area contributed by atoms with E-state index in [0.717, 1.165) is 0 Å². The number of primary amides is 1. The molecule has 0 spiro atoms. The number of carboxylic acids is 1. The highest BCUT2D eigenvalue weighted by molar-refractivity contribution is 7.98. The van der Waals surface area contributed by atoms with Gasteiger partial charge in [0.25, 0.3) is 0 Å². The lowest BCUT2D eigenvalue weighted by Crippen LogP contribution is -2.58. The van der Waals surface area contributed by atoms with Crippen molar-refractivity contribution >= 4 is 41.4 Å². The number of aliphatic carboxylic acids is 1. The van der Waals surface area contributed by atoms with Crippen LogP contribution in [0, 0.1) is 5.92 Å². The van der Waals surface area contributed by atoms with Crippen molar-refractivity contribution in [2.45, 2.75) is 63.7 Å². The van der Waals surface area contributed by atoms with Crippen LogP contribution in [0.1, 0.15) is 38.8 Å². The summed E-state index contributed by atoms with van der Waals surface area (Å²) in [6.07, 6.45) is 5.13. The Hall–Kier alpha value is -3.13. The van der Waals surface area contributed by atoms with E-state index in [1.165, 1.54) is 24.3 Å². The highest BCUT2D eigenvalue weighted by Crippen LogP contribution is 2.09. The molecular weight excluding hydrogens is 478 g/mol. The van der Waals surface area contributed by atoms with Gasteiger partial charge in [-0.2, -0.15) is 11.8 Å². The minimum absolute atomic E-state index is 0.168. The third kappa shape index (κ3) is 10.3. The summed E-state index contributed by atoms with van der Waals surface area (Å²) in [5.41, 5.74) is 11.8. The predicted molar refractivity (Wildman–Crippen MR) is 130 cm³/mol. The molecule has 5 atom stereocenters. The van der Waals surface area contributed by atoms with E-state index in [2.05, 4.69) is 25.9 Å². The number of rotatable bonds is 16. The average molecular weight is 514 g/mol. The van der Waals surface area contributed by atoms with Crippen molar-refractivity contribution in [1.82, 2.24) is 25.9 Å². The molecule has 0 bridgehead atoms. The maximum absolute atomic E-state index is 13.0. The van der Waals surface area contributed by atoms with Crippen LogP contribution in [0.15, 0.2) is 12.5 Å². The summed E-state index contributed by atoms with van der Waals surface area (Å²) in [4.78, 5) is 68.2. The molecule has 0 saturated carbocycles. The lowest BCUT2D eigenvalue weighted by molar-refractivity contribution is -0.144. The van der Waals surface area contributed by atoms with Gasteiger partial charge in [0, 0.05) is 18.3 Å². The Kier molecular flexibility index (Phi) is 12.8. The van der Waals surface area contributed by atoms with Crippen LogP contribution in [0.3, 0.4) is 0 Å². The third-order valence-electron chi connectivity index (χ3n) is 5.39. The first-order valence-corrected chi connectivity index (χ1v) is 12.5.